The molecular weight excluding hydrogens is 566 g/mol. The van der Waals surface area contributed by atoms with Gasteiger partial charge in [-0.3, -0.25) is 14.4 Å². The van der Waals surface area contributed by atoms with Crippen LogP contribution in [0.2, 0.25) is 5.02 Å². The molecule has 7 nitrogen and oxygen atoms in total. The first kappa shape index (κ1) is 27.5. The van der Waals surface area contributed by atoms with Gasteiger partial charge in [0.05, 0.1) is 27.8 Å². The Morgan fingerprint density at radius 1 is 1.05 bits per heavy atom. The zero-order valence-electron chi connectivity index (χ0n) is 24.1. The third-order valence-electron chi connectivity index (χ3n) is 9.08. The predicted octanol–water partition coefficient (Wildman–Crippen LogP) is 6.60. The van der Waals surface area contributed by atoms with Gasteiger partial charge in [0.2, 0.25) is 0 Å². The van der Waals surface area contributed by atoms with Crippen LogP contribution in [0.3, 0.4) is 0 Å². The van der Waals surface area contributed by atoms with E-state index in [1.165, 1.54) is 24.2 Å². The summed E-state index contributed by atoms with van der Waals surface area (Å²) >= 11 is 7.82. The maximum Gasteiger partial charge on any atom is 0.307 e. The van der Waals surface area contributed by atoms with Crippen LogP contribution in [-0.2, 0) is 18.3 Å². The quantitative estimate of drug-likeness (QED) is 0.237. The van der Waals surface area contributed by atoms with Gasteiger partial charge in [-0.15, -0.1) is 11.3 Å². The van der Waals surface area contributed by atoms with Crippen LogP contribution in [0.15, 0.2) is 48.5 Å². The van der Waals surface area contributed by atoms with Crippen LogP contribution in [0.1, 0.15) is 35.6 Å². The number of rotatable bonds is 6. The van der Waals surface area contributed by atoms with Gasteiger partial charge >= 0.3 is 5.97 Å². The summed E-state index contributed by atoms with van der Waals surface area (Å²) in [5.41, 5.74) is 7.90. The number of carboxylic acids is 1. The molecule has 2 saturated heterocycles. The summed E-state index contributed by atoms with van der Waals surface area (Å²) in [7, 11) is 4.23. The second-order valence-electron chi connectivity index (χ2n) is 11.9. The number of benzene rings is 3. The van der Waals surface area contributed by atoms with Gasteiger partial charge < -0.3 is 10.0 Å². The molecule has 0 unspecified atom stereocenters. The molecule has 0 radical (unpaired) electrons. The average Bonchev–Trinajstić information content (AvgIpc) is 3.53. The number of piperidine rings is 1. The molecule has 42 heavy (non-hydrogen) atoms. The molecule has 0 saturated carbocycles. The van der Waals surface area contributed by atoms with Crippen molar-refractivity contribution in [2.75, 3.05) is 33.2 Å². The normalized spacial score (nSPS) is 17.3. The van der Waals surface area contributed by atoms with E-state index in [0.717, 1.165) is 74.5 Å². The molecule has 2 aromatic heterocycles. The van der Waals surface area contributed by atoms with Crippen LogP contribution in [0.25, 0.3) is 42.8 Å². The van der Waals surface area contributed by atoms with Crippen molar-refractivity contribution in [1.82, 2.24) is 24.6 Å². The largest absolute Gasteiger partial charge is 0.481 e. The number of fused-ring (bicyclic) bond motifs is 2. The third-order valence-corrected chi connectivity index (χ3v) is 10.5. The van der Waals surface area contributed by atoms with Crippen LogP contribution in [0.5, 0.6) is 0 Å². The van der Waals surface area contributed by atoms with Gasteiger partial charge in [-0.05, 0) is 93.0 Å². The topological polar surface area (TPSA) is 74.5 Å². The minimum absolute atomic E-state index is 0.0474. The van der Waals surface area contributed by atoms with Crippen molar-refractivity contribution >= 4 is 50.0 Å². The second-order valence-corrected chi connectivity index (χ2v) is 13.4. The average molecular weight is 600 g/mol. The number of thiazole rings is 1. The molecule has 0 bridgehead atoms. The minimum Gasteiger partial charge on any atom is -0.481 e. The number of halogens is 1. The van der Waals surface area contributed by atoms with Crippen LogP contribution in [0, 0.1) is 6.92 Å². The zero-order valence-corrected chi connectivity index (χ0v) is 25.7. The van der Waals surface area contributed by atoms with Gasteiger partial charge in [-0.25, -0.2) is 4.98 Å². The van der Waals surface area contributed by atoms with E-state index >= 15 is 0 Å². The number of likely N-dealkylation sites (N-methyl/N-ethyl adjacent to an activating group) is 1. The highest BCUT2D eigenvalue weighted by molar-refractivity contribution is 7.22. The summed E-state index contributed by atoms with van der Waals surface area (Å²) in [4.78, 5) is 22.0. The van der Waals surface area contributed by atoms with Gasteiger partial charge in [0.15, 0.2) is 0 Å². The van der Waals surface area contributed by atoms with E-state index in [1.807, 2.05) is 49.0 Å². The van der Waals surface area contributed by atoms with Gasteiger partial charge in [-0.2, -0.15) is 5.10 Å². The van der Waals surface area contributed by atoms with Gasteiger partial charge in [0.1, 0.15) is 5.01 Å². The predicted molar refractivity (Wildman–Crippen MR) is 171 cm³/mol. The van der Waals surface area contributed by atoms with E-state index < -0.39 is 5.97 Å². The zero-order chi connectivity index (χ0) is 29.1. The van der Waals surface area contributed by atoms with Crippen LogP contribution in [0.4, 0.5) is 0 Å². The Hall–Kier alpha value is -3.30. The summed E-state index contributed by atoms with van der Waals surface area (Å²) in [6.07, 6.45) is 2.22. The number of hydrogen-bond donors (Lipinski definition) is 1. The number of nitrogens with zero attached hydrogens (tertiary/aromatic N) is 5. The first-order valence-electron chi connectivity index (χ1n) is 14.6. The molecule has 0 atom stereocenters. The first-order valence-corrected chi connectivity index (χ1v) is 15.7. The van der Waals surface area contributed by atoms with Crippen molar-refractivity contribution in [3.8, 4) is 21.7 Å². The van der Waals surface area contributed by atoms with Crippen molar-refractivity contribution in [3.05, 3.63) is 70.4 Å². The molecule has 2 fully saturated rings. The molecule has 0 amide bonds. The summed E-state index contributed by atoms with van der Waals surface area (Å²) in [5, 5.41) is 17.5. The fourth-order valence-corrected chi connectivity index (χ4v) is 8.08. The summed E-state index contributed by atoms with van der Waals surface area (Å²) in [5.74, 6) is -0.399. The molecule has 4 heterocycles. The van der Waals surface area contributed by atoms with Crippen LogP contribution < -0.4 is 0 Å². The van der Waals surface area contributed by atoms with E-state index in [0.29, 0.717) is 17.0 Å². The van der Waals surface area contributed by atoms with E-state index in [-0.39, 0.29) is 6.42 Å². The third kappa shape index (κ3) is 4.90. The smallest absolute Gasteiger partial charge is 0.307 e. The number of aryl methyl sites for hydroxylation is 2. The lowest BCUT2D eigenvalue weighted by Gasteiger charge is -2.46. The van der Waals surface area contributed by atoms with Crippen molar-refractivity contribution < 1.29 is 9.90 Å². The molecule has 5 aromatic rings. The number of likely N-dealkylation sites (tertiary alicyclic amines) is 2. The highest BCUT2D eigenvalue weighted by Gasteiger charge is 2.33. The van der Waals surface area contributed by atoms with E-state index in [4.69, 9.17) is 21.7 Å². The molecular formula is C33H34ClN5O2S. The van der Waals surface area contributed by atoms with Crippen molar-refractivity contribution in [2.24, 2.45) is 7.05 Å². The fraction of sp³-hybridized carbons (Fsp3) is 0.364. The molecule has 0 aliphatic carbocycles. The number of aliphatic carboxylic acids is 1. The summed E-state index contributed by atoms with van der Waals surface area (Å²) < 4.78 is 3.01. The Morgan fingerprint density at radius 3 is 2.45 bits per heavy atom. The molecule has 216 valence electrons. The lowest BCUT2D eigenvalue weighted by Crippen LogP contribution is -2.59. The standard InChI is InChI=1S/C33H34ClN5O2S/c1-19-14-27-32(30(25(19)16-29(40)41)20-4-7-23(34)8-5-20)42-33(35-27)22-6-9-28-26(15-22)31(36-38(28)3)21-10-12-39(13-11-21)24-17-37(2)18-24/h4-9,14-15,21,24H,10-13,16-18H2,1-3H3,(H,40,41). The number of carbonyl (C=O) groups is 1. The second kappa shape index (κ2) is 10.8. The van der Waals surface area contributed by atoms with Crippen LogP contribution >= 0.6 is 22.9 Å². The van der Waals surface area contributed by atoms with Crippen molar-refractivity contribution in [3.63, 3.8) is 0 Å². The monoisotopic (exact) mass is 599 g/mol. The maximum absolute atomic E-state index is 11.8. The maximum atomic E-state index is 11.8. The molecule has 2 aliphatic rings. The summed E-state index contributed by atoms with van der Waals surface area (Å²) in [6, 6.07) is 16.9. The highest BCUT2D eigenvalue weighted by atomic mass is 35.5. The molecule has 7 rings (SSSR count). The highest BCUT2D eigenvalue weighted by Crippen LogP contribution is 2.42. The van der Waals surface area contributed by atoms with Crippen LogP contribution in [-0.4, -0.2) is 74.9 Å². The van der Waals surface area contributed by atoms with Crippen molar-refractivity contribution in [2.45, 2.75) is 38.1 Å². The van der Waals surface area contributed by atoms with Gasteiger partial charge in [0.25, 0.3) is 0 Å². The number of carboxylic acid groups (broad SMARTS) is 1. The Bertz CT molecular complexity index is 1810. The molecule has 2 aliphatic heterocycles. The van der Waals surface area contributed by atoms with Gasteiger partial charge in [-0.1, -0.05) is 23.7 Å². The summed E-state index contributed by atoms with van der Waals surface area (Å²) in [6.45, 7) is 6.59. The minimum atomic E-state index is -0.849. The fourth-order valence-electron chi connectivity index (χ4n) is 6.82. The Morgan fingerprint density at radius 2 is 1.76 bits per heavy atom. The number of aromatic nitrogens is 3. The molecule has 9 heteroatoms. The van der Waals surface area contributed by atoms with E-state index in [9.17, 15) is 9.90 Å². The molecule has 0 spiro atoms. The van der Waals surface area contributed by atoms with Gasteiger partial charge in [0, 0.05) is 53.6 Å². The Balaban J connectivity index is 1.27. The first-order chi connectivity index (χ1) is 20.2. The lowest BCUT2D eigenvalue weighted by atomic mass is 9.90. The van der Waals surface area contributed by atoms with Crippen molar-refractivity contribution in [1.29, 1.82) is 0 Å². The van der Waals surface area contributed by atoms with E-state index in [1.54, 1.807) is 11.3 Å². The Labute approximate surface area is 254 Å². The lowest BCUT2D eigenvalue weighted by molar-refractivity contribution is -0.136. The Kier molecular flexibility index (Phi) is 7.05. The SMILES string of the molecule is Cc1cc2nc(-c3ccc4c(c3)c(C3CCN(C5CN(C)C5)CC3)nn4C)sc2c(-c2ccc(Cl)cc2)c1CC(=O)O. The molecule has 3 aromatic carbocycles. The van der Waals surface area contributed by atoms with E-state index in [2.05, 4.69) is 35.0 Å². The molecule has 1 N–H and O–H groups in total. The number of hydrogen-bond acceptors (Lipinski definition) is 6.